The van der Waals surface area contributed by atoms with Crippen LogP contribution in [0.5, 0.6) is 5.75 Å². The normalized spacial score (nSPS) is 13.8. The van der Waals surface area contributed by atoms with Crippen molar-refractivity contribution < 1.29 is 9.53 Å². The molecule has 0 saturated carbocycles. The van der Waals surface area contributed by atoms with E-state index in [1.165, 1.54) is 13.2 Å². The first-order valence-electron chi connectivity index (χ1n) is 8.83. The van der Waals surface area contributed by atoms with E-state index in [9.17, 15) is 9.59 Å². The van der Waals surface area contributed by atoms with Crippen LogP contribution in [-0.2, 0) is 19.4 Å². The zero-order chi connectivity index (χ0) is 18.7. The van der Waals surface area contributed by atoms with E-state index in [-0.39, 0.29) is 11.5 Å². The number of carbonyl (C=O) groups is 1. The van der Waals surface area contributed by atoms with Crippen LogP contribution in [0.25, 0.3) is 0 Å². The van der Waals surface area contributed by atoms with E-state index in [1.54, 1.807) is 4.57 Å². The molecule has 0 spiro atoms. The summed E-state index contributed by atoms with van der Waals surface area (Å²) in [5.74, 6) is 0.114. The summed E-state index contributed by atoms with van der Waals surface area (Å²) in [5.41, 5.74) is 4.12. The number of nitrogens with zero attached hydrogens (tertiary/aromatic N) is 2. The lowest BCUT2D eigenvalue weighted by atomic mass is 10.1. The SMILES string of the molecule is COc1cc(=O)n2c(c1C(=O)NCCc1c(C)n[nH]c1C)CCNCC2. The van der Waals surface area contributed by atoms with Gasteiger partial charge in [0.1, 0.15) is 11.3 Å². The molecule has 3 heterocycles. The molecule has 0 saturated heterocycles. The maximum atomic E-state index is 12.9. The van der Waals surface area contributed by atoms with E-state index >= 15 is 0 Å². The Morgan fingerprint density at radius 3 is 2.88 bits per heavy atom. The van der Waals surface area contributed by atoms with Gasteiger partial charge in [-0.05, 0) is 25.8 Å². The molecule has 2 aromatic heterocycles. The van der Waals surface area contributed by atoms with Crippen molar-refractivity contribution in [1.29, 1.82) is 0 Å². The summed E-state index contributed by atoms with van der Waals surface area (Å²) < 4.78 is 7.00. The van der Waals surface area contributed by atoms with Crippen LogP contribution < -0.4 is 20.9 Å². The molecular formula is C18H25N5O3. The van der Waals surface area contributed by atoms with Crippen molar-refractivity contribution in [3.8, 4) is 5.75 Å². The van der Waals surface area contributed by atoms with E-state index in [1.807, 2.05) is 13.8 Å². The molecule has 8 heteroatoms. The second-order valence-electron chi connectivity index (χ2n) is 6.44. The first-order chi connectivity index (χ1) is 12.5. The Balaban J connectivity index is 1.83. The third-order valence-corrected chi connectivity index (χ3v) is 4.82. The van der Waals surface area contributed by atoms with Crippen LogP contribution >= 0.6 is 0 Å². The largest absolute Gasteiger partial charge is 0.496 e. The summed E-state index contributed by atoms with van der Waals surface area (Å²) in [4.78, 5) is 25.2. The number of pyridine rings is 1. The minimum Gasteiger partial charge on any atom is -0.496 e. The molecule has 2 aromatic rings. The molecule has 140 valence electrons. The van der Waals surface area contributed by atoms with Crippen molar-refractivity contribution in [2.75, 3.05) is 26.7 Å². The minimum atomic E-state index is -0.216. The smallest absolute Gasteiger partial charge is 0.256 e. The third kappa shape index (κ3) is 3.50. The van der Waals surface area contributed by atoms with E-state index in [4.69, 9.17) is 4.74 Å². The molecule has 0 fully saturated rings. The molecule has 0 bridgehead atoms. The van der Waals surface area contributed by atoms with E-state index < -0.39 is 0 Å². The number of nitrogens with one attached hydrogen (secondary N) is 3. The van der Waals surface area contributed by atoms with Gasteiger partial charge in [0.2, 0.25) is 0 Å². The van der Waals surface area contributed by atoms with Crippen molar-refractivity contribution in [3.05, 3.63) is 44.6 Å². The highest BCUT2D eigenvalue weighted by Crippen LogP contribution is 2.21. The first-order valence-corrected chi connectivity index (χ1v) is 8.83. The lowest BCUT2D eigenvalue weighted by molar-refractivity contribution is 0.0949. The summed E-state index contributed by atoms with van der Waals surface area (Å²) in [6, 6.07) is 1.40. The first kappa shape index (κ1) is 18.2. The minimum absolute atomic E-state index is 0.137. The van der Waals surface area contributed by atoms with Crippen LogP contribution in [0.4, 0.5) is 0 Å². The van der Waals surface area contributed by atoms with Crippen LogP contribution in [0.15, 0.2) is 10.9 Å². The van der Waals surface area contributed by atoms with Gasteiger partial charge in [0.15, 0.2) is 0 Å². The number of fused-ring (bicyclic) bond motifs is 1. The average Bonchev–Trinajstić information content (AvgIpc) is 2.82. The van der Waals surface area contributed by atoms with Crippen molar-refractivity contribution in [3.63, 3.8) is 0 Å². The average molecular weight is 359 g/mol. The van der Waals surface area contributed by atoms with Crippen LogP contribution in [0.3, 0.4) is 0 Å². The number of rotatable bonds is 5. The Hall–Kier alpha value is -2.61. The molecule has 0 atom stereocenters. The van der Waals surface area contributed by atoms with Crippen molar-refractivity contribution in [1.82, 2.24) is 25.4 Å². The maximum absolute atomic E-state index is 12.9. The summed E-state index contributed by atoms with van der Waals surface area (Å²) in [6.45, 7) is 6.38. The van der Waals surface area contributed by atoms with Gasteiger partial charge in [0, 0.05) is 50.1 Å². The molecule has 0 aliphatic carbocycles. The van der Waals surface area contributed by atoms with Gasteiger partial charge in [-0.1, -0.05) is 0 Å². The Morgan fingerprint density at radius 2 is 2.19 bits per heavy atom. The van der Waals surface area contributed by atoms with Crippen LogP contribution in [0.2, 0.25) is 0 Å². The van der Waals surface area contributed by atoms with E-state index in [0.717, 1.165) is 29.2 Å². The van der Waals surface area contributed by atoms with Gasteiger partial charge < -0.3 is 19.9 Å². The molecule has 3 rings (SSSR count). The fraction of sp³-hybridized carbons (Fsp3) is 0.500. The lowest BCUT2D eigenvalue weighted by Crippen LogP contribution is -2.32. The van der Waals surface area contributed by atoms with Crippen LogP contribution in [0, 0.1) is 13.8 Å². The molecule has 1 aliphatic rings. The highest BCUT2D eigenvalue weighted by molar-refractivity contribution is 5.98. The Labute approximate surface area is 151 Å². The fourth-order valence-electron chi connectivity index (χ4n) is 3.44. The molecule has 0 aromatic carbocycles. The number of aromatic nitrogens is 3. The highest BCUT2D eigenvalue weighted by atomic mass is 16.5. The number of carbonyl (C=O) groups excluding carboxylic acids is 1. The molecule has 1 aliphatic heterocycles. The Bertz CT molecular complexity index is 849. The molecule has 1 amide bonds. The number of amides is 1. The maximum Gasteiger partial charge on any atom is 0.256 e. The highest BCUT2D eigenvalue weighted by Gasteiger charge is 2.23. The van der Waals surface area contributed by atoms with Crippen molar-refractivity contribution in [2.24, 2.45) is 0 Å². The van der Waals surface area contributed by atoms with E-state index in [0.29, 0.717) is 43.8 Å². The zero-order valence-electron chi connectivity index (χ0n) is 15.4. The van der Waals surface area contributed by atoms with Gasteiger partial charge >= 0.3 is 0 Å². The number of ether oxygens (including phenoxy) is 1. The second-order valence-corrected chi connectivity index (χ2v) is 6.44. The summed E-state index contributed by atoms with van der Waals surface area (Å²) in [5, 5.41) is 13.3. The van der Waals surface area contributed by atoms with Gasteiger partial charge in [-0.15, -0.1) is 0 Å². The van der Waals surface area contributed by atoms with Gasteiger partial charge in [0.05, 0.1) is 12.8 Å². The number of methoxy groups -OCH3 is 1. The Morgan fingerprint density at radius 1 is 1.38 bits per heavy atom. The predicted octanol–water partition coefficient (Wildman–Crippen LogP) is 0.315. The number of hydrogen-bond donors (Lipinski definition) is 3. The van der Waals surface area contributed by atoms with Crippen molar-refractivity contribution >= 4 is 5.91 Å². The van der Waals surface area contributed by atoms with Gasteiger partial charge in [-0.3, -0.25) is 14.7 Å². The molecular weight excluding hydrogens is 334 g/mol. The Kier molecular flexibility index (Phi) is 5.41. The summed E-state index contributed by atoms with van der Waals surface area (Å²) in [6.07, 6.45) is 1.30. The van der Waals surface area contributed by atoms with Gasteiger partial charge in [-0.2, -0.15) is 5.10 Å². The molecule has 0 unspecified atom stereocenters. The quantitative estimate of drug-likeness (QED) is 0.714. The third-order valence-electron chi connectivity index (χ3n) is 4.82. The van der Waals surface area contributed by atoms with Gasteiger partial charge in [-0.25, -0.2) is 0 Å². The van der Waals surface area contributed by atoms with Crippen LogP contribution in [0.1, 0.15) is 33.0 Å². The predicted molar refractivity (Wildman–Crippen MR) is 97.9 cm³/mol. The standard InChI is InChI=1S/C18H25N5O3/c1-11-13(12(2)22-21-11)4-7-20-18(25)17-14-5-6-19-8-9-23(14)16(24)10-15(17)26-3/h10,19H,4-9H2,1-3H3,(H,20,25)(H,21,22). The second kappa shape index (κ2) is 7.74. The molecule has 0 radical (unpaired) electrons. The number of hydrogen-bond acceptors (Lipinski definition) is 5. The monoisotopic (exact) mass is 359 g/mol. The molecule has 26 heavy (non-hydrogen) atoms. The van der Waals surface area contributed by atoms with Gasteiger partial charge in [0.25, 0.3) is 11.5 Å². The lowest BCUT2D eigenvalue weighted by Gasteiger charge is -2.17. The summed E-state index contributed by atoms with van der Waals surface area (Å²) in [7, 11) is 1.48. The van der Waals surface area contributed by atoms with Crippen molar-refractivity contribution in [2.45, 2.75) is 33.2 Å². The molecule has 3 N–H and O–H groups in total. The fourth-order valence-corrected chi connectivity index (χ4v) is 3.44. The van der Waals surface area contributed by atoms with Crippen LogP contribution in [-0.4, -0.2) is 47.4 Å². The number of aryl methyl sites for hydroxylation is 2. The zero-order valence-corrected chi connectivity index (χ0v) is 15.4. The molecule has 8 nitrogen and oxygen atoms in total. The topological polar surface area (TPSA) is 101 Å². The number of aromatic amines is 1. The van der Waals surface area contributed by atoms with E-state index in [2.05, 4.69) is 20.8 Å². The summed E-state index contributed by atoms with van der Waals surface area (Å²) >= 11 is 0. The number of H-pyrrole nitrogens is 1.